The van der Waals surface area contributed by atoms with Gasteiger partial charge < -0.3 is 4.74 Å². The molecule has 0 aromatic heterocycles. The molecule has 0 heterocycles. The van der Waals surface area contributed by atoms with Gasteiger partial charge in [0.2, 0.25) is 10.0 Å². The molecule has 0 aliphatic carbocycles. The number of benzene rings is 2. The van der Waals surface area contributed by atoms with E-state index in [4.69, 9.17) is 11.6 Å². The van der Waals surface area contributed by atoms with Crippen molar-refractivity contribution >= 4 is 27.6 Å². The first kappa shape index (κ1) is 17.5. The number of carbonyl (C=O) groups is 1. The van der Waals surface area contributed by atoms with Crippen molar-refractivity contribution in [3.05, 3.63) is 64.7 Å². The van der Waals surface area contributed by atoms with Gasteiger partial charge in [-0.05, 0) is 35.9 Å². The number of carbonyl (C=O) groups excluding carboxylic acids is 1. The van der Waals surface area contributed by atoms with Crippen LogP contribution in [0.2, 0.25) is 5.02 Å². The lowest BCUT2D eigenvalue weighted by Crippen LogP contribution is -2.26. The molecule has 0 bridgehead atoms. The average Bonchev–Trinajstić information content (AvgIpc) is 2.54. The van der Waals surface area contributed by atoms with Gasteiger partial charge in [0, 0.05) is 18.6 Å². The summed E-state index contributed by atoms with van der Waals surface area (Å²) in [6.07, 6.45) is 0. The van der Waals surface area contributed by atoms with Gasteiger partial charge in [-0.25, -0.2) is 13.2 Å². The molecular formula is C16H16ClNO4S. The maximum absolute atomic E-state index is 12.5. The standard InChI is InChI=1S/C16H16ClNO4S/c1-18(23(20,21)15-5-3-4-14(17)10-15)11-12-6-8-13(9-7-12)16(19)22-2/h3-10H,11H2,1-2H3. The molecule has 122 valence electrons. The average molecular weight is 354 g/mol. The molecule has 2 aromatic carbocycles. The summed E-state index contributed by atoms with van der Waals surface area (Å²) in [5.41, 5.74) is 1.17. The Morgan fingerprint density at radius 2 is 1.83 bits per heavy atom. The molecule has 0 spiro atoms. The van der Waals surface area contributed by atoms with Gasteiger partial charge in [0.25, 0.3) is 0 Å². The van der Waals surface area contributed by atoms with E-state index in [0.29, 0.717) is 10.6 Å². The zero-order valence-electron chi connectivity index (χ0n) is 12.7. The first-order valence-electron chi connectivity index (χ1n) is 6.74. The van der Waals surface area contributed by atoms with Crippen LogP contribution in [0.4, 0.5) is 0 Å². The van der Waals surface area contributed by atoms with Crippen molar-refractivity contribution in [1.29, 1.82) is 0 Å². The summed E-state index contributed by atoms with van der Waals surface area (Å²) in [7, 11) is -0.836. The van der Waals surface area contributed by atoms with Gasteiger partial charge in [0.1, 0.15) is 0 Å². The Balaban J connectivity index is 2.18. The Hall–Kier alpha value is -1.89. The summed E-state index contributed by atoms with van der Waals surface area (Å²) in [5, 5.41) is 0.363. The van der Waals surface area contributed by atoms with Crippen molar-refractivity contribution in [2.75, 3.05) is 14.2 Å². The third-order valence-electron chi connectivity index (χ3n) is 3.28. The van der Waals surface area contributed by atoms with E-state index in [1.807, 2.05) is 0 Å². The summed E-state index contributed by atoms with van der Waals surface area (Å²) < 4.78 is 30.9. The zero-order chi connectivity index (χ0) is 17.0. The van der Waals surface area contributed by atoms with Crippen molar-refractivity contribution in [2.24, 2.45) is 0 Å². The second kappa shape index (κ2) is 7.12. The maximum atomic E-state index is 12.5. The molecular weight excluding hydrogens is 338 g/mol. The van der Waals surface area contributed by atoms with Crippen molar-refractivity contribution in [2.45, 2.75) is 11.4 Å². The number of nitrogens with zero attached hydrogens (tertiary/aromatic N) is 1. The van der Waals surface area contributed by atoms with E-state index in [1.54, 1.807) is 36.4 Å². The highest BCUT2D eigenvalue weighted by Crippen LogP contribution is 2.20. The third-order valence-corrected chi connectivity index (χ3v) is 5.32. The molecule has 0 atom stereocenters. The van der Waals surface area contributed by atoms with Gasteiger partial charge in [-0.3, -0.25) is 0 Å². The second-order valence-corrected chi connectivity index (χ2v) is 7.39. The van der Waals surface area contributed by atoms with Crippen LogP contribution in [0.15, 0.2) is 53.4 Å². The molecule has 7 heteroatoms. The lowest BCUT2D eigenvalue weighted by Gasteiger charge is -2.17. The lowest BCUT2D eigenvalue weighted by atomic mass is 10.1. The molecule has 23 heavy (non-hydrogen) atoms. The van der Waals surface area contributed by atoms with Crippen LogP contribution in [0, 0.1) is 0 Å². The predicted octanol–water partition coefficient (Wildman–Crippen LogP) is 2.95. The van der Waals surface area contributed by atoms with E-state index in [2.05, 4.69) is 4.74 Å². The third kappa shape index (κ3) is 4.10. The molecule has 0 radical (unpaired) electrons. The van der Waals surface area contributed by atoms with Crippen LogP contribution in [0.1, 0.15) is 15.9 Å². The monoisotopic (exact) mass is 353 g/mol. The second-order valence-electron chi connectivity index (χ2n) is 4.91. The molecule has 2 aromatic rings. The van der Waals surface area contributed by atoms with E-state index >= 15 is 0 Å². The summed E-state index contributed by atoms with van der Waals surface area (Å²) in [4.78, 5) is 11.5. The van der Waals surface area contributed by atoms with Crippen LogP contribution < -0.4 is 0 Å². The smallest absolute Gasteiger partial charge is 0.337 e. The van der Waals surface area contributed by atoms with E-state index in [9.17, 15) is 13.2 Å². The van der Waals surface area contributed by atoms with E-state index < -0.39 is 16.0 Å². The summed E-state index contributed by atoms with van der Waals surface area (Å²) >= 11 is 5.85. The molecule has 0 saturated carbocycles. The van der Waals surface area contributed by atoms with Crippen LogP contribution >= 0.6 is 11.6 Å². The summed E-state index contributed by atoms with van der Waals surface area (Å²) in [5.74, 6) is -0.434. The number of hydrogen-bond donors (Lipinski definition) is 0. The highest BCUT2D eigenvalue weighted by molar-refractivity contribution is 7.89. The first-order valence-corrected chi connectivity index (χ1v) is 8.55. The van der Waals surface area contributed by atoms with Gasteiger partial charge in [-0.15, -0.1) is 0 Å². The Kier molecular flexibility index (Phi) is 5.41. The zero-order valence-corrected chi connectivity index (χ0v) is 14.3. The van der Waals surface area contributed by atoms with Crippen LogP contribution in [-0.4, -0.2) is 32.8 Å². The number of methoxy groups -OCH3 is 1. The topological polar surface area (TPSA) is 63.7 Å². The van der Waals surface area contributed by atoms with Crippen molar-refractivity contribution in [1.82, 2.24) is 4.31 Å². The Morgan fingerprint density at radius 1 is 1.17 bits per heavy atom. The number of esters is 1. The number of halogens is 1. The minimum Gasteiger partial charge on any atom is -0.465 e. The highest BCUT2D eigenvalue weighted by atomic mass is 35.5. The van der Waals surface area contributed by atoms with Gasteiger partial charge >= 0.3 is 5.97 Å². The van der Waals surface area contributed by atoms with Crippen LogP contribution in [0.3, 0.4) is 0 Å². The van der Waals surface area contributed by atoms with E-state index in [-0.39, 0.29) is 11.4 Å². The lowest BCUT2D eigenvalue weighted by molar-refractivity contribution is 0.0600. The number of rotatable bonds is 5. The summed E-state index contributed by atoms with van der Waals surface area (Å²) in [6.45, 7) is 0.177. The van der Waals surface area contributed by atoms with Crippen LogP contribution in [0.5, 0.6) is 0 Å². The quantitative estimate of drug-likeness (QED) is 0.775. The fourth-order valence-electron chi connectivity index (χ4n) is 2.01. The molecule has 0 unspecified atom stereocenters. The molecule has 0 amide bonds. The van der Waals surface area contributed by atoms with Gasteiger partial charge in [-0.1, -0.05) is 29.8 Å². The van der Waals surface area contributed by atoms with Crippen molar-refractivity contribution in [3.8, 4) is 0 Å². The van der Waals surface area contributed by atoms with Gasteiger partial charge in [0.05, 0.1) is 17.6 Å². The molecule has 0 fully saturated rings. The van der Waals surface area contributed by atoms with Crippen LogP contribution in [-0.2, 0) is 21.3 Å². The fourth-order valence-corrected chi connectivity index (χ4v) is 3.47. The van der Waals surface area contributed by atoms with E-state index in [1.165, 1.54) is 30.6 Å². The summed E-state index contributed by atoms with van der Waals surface area (Å²) in [6, 6.07) is 12.7. The molecule has 0 saturated heterocycles. The minimum atomic E-state index is -3.63. The molecule has 5 nitrogen and oxygen atoms in total. The Bertz CT molecular complexity index is 803. The van der Waals surface area contributed by atoms with Gasteiger partial charge in [0.15, 0.2) is 0 Å². The number of ether oxygens (including phenoxy) is 1. The number of hydrogen-bond acceptors (Lipinski definition) is 4. The molecule has 0 aliphatic rings. The molecule has 2 rings (SSSR count). The van der Waals surface area contributed by atoms with Crippen molar-refractivity contribution < 1.29 is 17.9 Å². The minimum absolute atomic E-state index is 0.138. The largest absolute Gasteiger partial charge is 0.465 e. The van der Waals surface area contributed by atoms with Gasteiger partial charge in [-0.2, -0.15) is 4.31 Å². The normalized spacial score (nSPS) is 11.5. The highest BCUT2D eigenvalue weighted by Gasteiger charge is 2.21. The molecule has 0 N–H and O–H groups in total. The van der Waals surface area contributed by atoms with Crippen LogP contribution in [0.25, 0.3) is 0 Å². The predicted molar refractivity (Wildman–Crippen MR) is 87.9 cm³/mol. The van der Waals surface area contributed by atoms with Crippen molar-refractivity contribution in [3.63, 3.8) is 0 Å². The molecule has 0 aliphatic heterocycles. The van der Waals surface area contributed by atoms with E-state index in [0.717, 1.165) is 5.56 Å². The fraction of sp³-hybridized carbons (Fsp3) is 0.188. The first-order chi connectivity index (χ1) is 10.8. The maximum Gasteiger partial charge on any atom is 0.337 e. The Labute approximate surface area is 140 Å². The Morgan fingerprint density at radius 3 is 2.39 bits per heavy atom. The SMILES string of the molecule is COC(=O)c1ccc(CN(C)S(=O)(=O)c2cccc(Cl)c2)cc1. The number of sulfonamides is 1.